The predicted octanol–water partition coefficient (Wildman–Crippen LogP) is 2.29. The summed E-state index contributed by atoms with van der Waals surface area (Å²) in [6.07, 6.45) is 5.76. The summed E-state index contributed by atoms with van der Waals surface area (Å²) in [6, 6.07) is 0. The zero-order chi connectivity index (χ0) is 41.7. The number of carbonyl (C=O) groups is 5. The van der Waals surface area contributed by atoms with Gasteiger partial charge in [-0.25, -0.2) is 8.42 Å². The van der Waals surface area contributed by atoms with E-state index in [9.17, 15) is 52.3 Å². The highest BCUT2D eigenvalue weighted by molar-refractivity contribution is 7.85. The van der Waals surface area contributed by atoms with Crippen LogP contribution in [-0.2, 0) is 34.1 Å². The van der Waals surface area contributed by atoms with Crippen molar-refractivity contribution in [2.24, 2.45) is 35.5 Å². The molecule has 0 bridgehead atoms. The number of carboxylic acids is 3. The van der Waals surface area contributed by atoms with Gasteiger partial charge in [-0.3, -0.25) is 19.2 Å². The Balaban J connectivity index is 6.15. The molecule has 0 saturated heterocycles. The Morgan fingerprint density at radius 1 is 0.685 bits per heavy atom. The molecule has 0 aromatic heterocycles. The fourth-order valence-corrected chi connectivity index (χ4v) is 7.65. The summed E-state index contributed by atoms with van der Waals surface area (Å²) in [7, 11) is 3.24. The molecule has 6 unspecified atom stereocenters. The van der Waals surface area contributed by atoms with E-state index in [1.807, 2.05) is 42.0 Å². The summed E-state index contributed by atoms with van der Waals surface area (Å²) in [5, 5.41) is 37.7. The van der Waals surface area contributed by atoms with Gasteiger partial charge in [0, 0.05) is 56.4 Å². The van der Waals surface area contributed by atoms with Crippen LogP contribution in [0.15, 0.2) is 0 Å². The molecule has 0 rings (SSSR count). The number of unbranched alkanes of at least 4 members (excludes halogenated alkanes) is 2. The van der Waals surface area contributed by atoms with E-state index in [4.69, 9.17) is 0 Å². The van der Waals surface area contributed by atoms with Gasteiger partial charge in [0.2, 0.25) is 11.8 Å². The third kappa shape index (κ3) is 22.5. The van der Waals surface area contributed by atoms with Crippen molar-refractivity contribution in [1.82, 2.24) is 10.6 Å². The molecule has 2 amide bonds. The van der Waals surface area contributed by atoms with Crippen LogP contribution in [0.1, 0.15) is 105 Å². The van der Waals surface area contributed by atoms with Crippen molar-refractivity contribution in [2.75, 3.05) is 73.2 Å². The maximum absolute atomic E-state index is 14.1. The first-order valence-electron chi connectivity index (χ1n) is 19.7. The van der Waals surface area contributed by atoms with Crippen LogP contribution in [0.5, 0.6) is 0 Å². The van der Waals surface area contributed by atoms with Crippen molar-refractivity contribution in [3.05, 3.63) is 0 Å². The van der Waals surface area contributed by atoms with Crippen molar-refractivity contribution in [2.45, 2.75) is 105 Å². The largest absolute Gasteiger partial charge is 0.748 e. The van der Waals surface area contributed by atoms with Crippen molar-refractivity contribution < 1.29 is 61.2 Å². The van der Waals surface area contributed by atoms with Crippen molar-refractivity contribution in [3.8, 4) is 0 Å². The van der Waals surface area contributed by atoms with E-state index in [0.29, 0.717) is 60.8 Å². The molecule has 0 radical (unpaired) electrons. The monoisotopic (exact) mass is 792 g/mol. The van der Waals surface area contributed by atoms with E-state index in [0.717, 1.165) is 25.7 Å². The van der Waals surface area contributed by atoms with Crippen LogP contribution < -0.4 is 15.7 Å². The SMILES string of the molecule is CCCCC(C)CC(C(=O)O)C(C(=O)NCCC[N+](C)(C)CCC(=O)[O-])C(CCCC)CC(C(=O)O)C(C)C(=O)NCCC[N+](C)(C)CCCS(=O)(=O)[O-]. The highest BCUT2D eigenvalue weighted by atomic mass is 32.2. The molecular formula is C38H72N4O11S. The molecule has 0 aromatic rings. The number of quaternary nitrogens is 2. The standard InChI is InChI=1S/C38H72N4O11S/c1-9-11-16-28(3)26-32(38(49)50)34(36(46)40-20-14-22-42(7,8)24-18-33(43)44)30(17-12-10-2)27-31(37(47)48)29(4)35(45)39-19-13-21-41(5,6)23-15-25-54(51,52)53/h28-32,34H,9-27H2,1-8H3,(H4-2,39,40,43,44,45,46,47,48,49,50,51,52,53). The first-order chi connectivity index (χ1) is 25.0. The maximum atomic E-state index is 14.1. The van der Waals surface area contributed by atoms with Crippen molar-refractivity contribution >= 4 is 39.8 Å². The second-order valence-corrected chi connectivity index (χ2v) is 18.1. The van der Waals surface area contributed by atoms with Crippen LogP contribution in [0.4, 0.5) is 0 Å². The van der Waals surface area contributed by atoms with Gasteiger partial charge in [0.25, 0.3) is 0 Å². The maximum Gasteiger partial charge on any atom is 0.307 e. The van der Waals surface area contributed by atoms with E-state index >= 15 is 0 Å². The van der Waals surface area contributed by atoms with Crippen molar-refractivity contribution in [1.29, 1.82) is 0 Å². The van der Waals surface area contributed by atoms with Gasteiger partial charge in [-0.2, -0.15) is 0 Å². The number of hydrogen-bond donors (Lipinski definition) is 4. The van der Waals surface area contributed by atoms with Gasteiger partial charge in [-0.05, 0) is 31.1 Å². The predicted molar refractivity (Wildman–Crippen MR) is 204 cm³/mol. The van der Waals surface area contributed by atoms with Crippen LogP contribution in [-0.4, -0.2) is 135 Å². The molecular weight excluding hydrogens is 721 g/mol. The number of carbonyl (C=O) groups excluding carboxylic acids is 3. The molecule has 0 fully saturated rings. The zero-order valence-corrected chi connectivity index (χ0v) is 35.1. The fraction of sp³-hybridized carbons (Fsp3) is 0.868. The second kappa shape index (κ2) is 25.4. The van der Waals surface area contributed by atoms with Crippen LogP contribution in [0.25, 0.3) is 0 Å². The van der Waals surface area contributed by atoms with E-state index in [-0.39, 0.29) is 44.7 Å². The Morgan fingerprint density at radius 3 is 1.65 bits per heavy atom. The van der Waals surface area contributed by atoms with E-state index < -0.39 is 75.2 Å². The average Bonchev–Trinajstić information content (AvgIpc) is 3.05. The lowest BCUT2D eigenvalue weighted by atomic mass is 9.70. The number of nitrogens with zero attached hydrogens (tertiary/aromatic N) is 2. The van der Waals surface area contributed by atoms with Gasteiger partial charge < -0.3 is 44.3 Å². The molecule has 0 aliphatic heterocycles. The number of hydrogen-bond acceptors (Lipinski definition) is 9. The average molecular weight is 793 g/mol. The number of amides is 2. The normalized spacial score (nSPS) is 15.7. The molecule has 6 atom stereocenters. The van der Waals surface area contributed by atoms with Crippen LogP contribution >= 0.6 is 0 Å². The quantitative estimate of drug-likeness (QED) is 0.0439. The van der Waals surface area contributed by atoms with Crippen molar-refractivity contribution in [3.63, 3.8) is 0 Å². The van der Waals surface area contributed by atoms with Crippen LogP contribution in [0.3, 0.4) is 0 Å². The molecule has 0 heterocycles. The summed E-state index contributed by atoms with van der Waals surface area (Å²) in [5.74, 6) is -9.72. The molecule has 316 valence electrons. The Kier molecular flexibility index (Phi) is 24.0. The summed E-state index contributed by atoms with van der Waals surface area (Å²) in [4.78, 5) is 64.1. The Labute approximate surface area is 324 Å². The number of aliphatic carboxylic acids is 3. The minimum atomic E-state index is -4.30. The third-order valence-corrected chi connectivity index (χ3v) is 11.4. The third-order valence-electron chi connectivity index (χ3n) is 10.6. The molecule has 0 spiro atoms. The molecule has 0 aliphatic rings. The highest BCUT2D eigenvalue weighted by Crippen LogP contribution is 2.37. The van der Waals surface area contributed by atoms with E-state index in [1.165, 1.54) is 6.92 Å². The lowest BCUT2D eigenvalue weighted by Crippen LogP contribution is -2.47. The fourth-order valence-electron chi connectivity index (χ4n) is 7.17. The molecule has 0 aliphatic carbocycles. The Bertz CT molecular complexity index is 1280. The first kappa shape index (κ1) is 51.2. The summed E-state index contributed by atoms with van der Waals surface area (Å²) < 4.78 is 33.7. The van der Waals surface area contributed by atoms with Crippen LogP contribution in [0, 0.1) is 35.5 Å². The molecule has 54 heavy (non-hydrogen) atoms. The minimum absolute atomic E-state index is 0.0123. The summed E-state index contributed by atoms with van der Waals surface area (Å²) >= 11 is 0. The zero-order valence-electron chi connectivity index (χ0n) is 34.3. The summed E-state index contributed by atoms with van der Waals surface area (Å²) in [5.41, 5.74) is 0. The molecule has 4 N–H and O–H groups in total. The minimum Gasteiger partial charge on any atom is -0.748 e. The lowest BCUT2D eigenvalue weighted by molar-refractivity contribution is -0.890. The molecule has 15 nitrogen and oxygen atoms in total. The van der Waals surface area contributed by atoms with Gasteiger partial charge in [0.1, 0.15) is 0 Å². The highest BCUT2D eigenvalue weighted by Gasteiger charge is 2.43. The van der Waals surface area contributed by atoms with E-state index in [1.54, 1.807) is 0 Å². The van der Waals surface area contributed by atoms with Gasteiger partial charge in [-0.15, -0.1) is 0 Å². The van der Waals surface area contributed by atoms with Crippen LogP contribution in [0.2, 0.25) is 0 Å². The Hall–Kier alpha value is -2.82. The van der Waals surface area contributed by atoms with Gasteiger partial charge in [-0.1, -0.05) is 59.8 Å². The smallest absolute Gasteiger partial charge is 0.307 e. The lowest BCUT2D eigenvalue weighted by Gasteiger charge is -2.35. The number of nitrogens with one attached hydrogen (secondary N) is 2. The molecule has 0 aromatic carbocycles. The first-order valence-corrected chi connectivity index (χ1v) is 21.3. The molecule has 0 saturated carbocycles. The van der Waals surface area contributed by atoms with E-state index in [2.05, 4.69) is 17.6 Å². The van der Waals surface area contributed by atoms with Gasteiger partial charge in [0.15, 0.2) is 0 Å². The van der Waals surface area contributed by atoms with Gasteiger partial charge >= 0.3 is 11.9 Å². The second-order valence-electron chi connectivity index (χ2n) is 16.6. The Morgan fingerprint density at radius 2 is 1.17 bits per heavy atom. The summed E-state index contributed by atoms with van der Waals surface area (Å²) in [6.45, 7) is 9.95. The number of carboxylic acid groups (broad SMARTS) is 3. The molecule has 16 heteroatoms. The topological polar surface area (TPSA) is 230 Å². The van der Waals surface area contributed by atoms with Gasteiger partial charge in [0.05, 0.1) is 82.2 Å². The number of rotatable bonds is 32.